The molecule has 1 aromatic heterocycles. The van der Waals surface area contributed by atoms with Crippen LogP contribution in [0.2, 0.25) is 0 Å². The van der Waals surface area contributed by atoms with Crippen LogP contribution in [-0.4, -0.2) is 19.0 Å². The molecule has 5 heteroatoms. The third-order valence-electron chi connectivity index (χ3n) is 3.45. The molecule has 4 nitrogen and oxygen atoms in total. The SMILES string of the molecule is C[C@H](C(=O)Nc1ccc(C#N)cc1)[NH+](C)Cc1cccs1. The summed E-state index contributed by atoms with van der Waals surface area (Å²) >= 11 is 1.71. The van der Waals surface area contributed by atoms with Crippen LogP contribution in [0.1, 0.15) is 17.4 Å². The zero-order valence-corrected chi connectivity index (χ0v) is 12.9. The molecule has 2 N–H and O–H groups in total. The van der Waals surface area contributed by atoms with Gasteiger partial charge in [0, 0.05) is 5.69 Å². The fourth-order valence-corrected chi connectivity index (χ4v) is 2.74. The summed E-state index contributed by atoms with van der Waals surface area (Å²) < 4.78 is 0. The number of benzene rings is 1. The van der Waals surface area contributed by atoms with Crippen LogP contribution in [0.15, 0.2) is 41.8 Å². The number of amides is 1. The topological polar surface area (TPSA) is 57.3 Å². The Hall–Kier alpha value is -2.16. The number of rotatable bonds is 5. The second kappa shape index (κ2) is 7.02. The van der Waals surface area contributed by atoms with Gasteiger partial charge in [-0.15, -0.1) is 11.3 Å². The summed E-state index contributed by atoms with van der Waals surface area (Å²) in [5.41, 5.74) is 1.30. The number of nitrogens with zero attached hydrogens (tertiary/aromatic N) is 1. The third kappa shape index (κ3) is 4.15. The molecule has 2 rings (SSSR count). The van der Waals surface area contributed by atoms with E-state index in [0.717, 1.165) is 17.1 Å². The molecule has 21 heavy (non-hydrogen) atoms. The van der Waals surface area contributed by atoms with Crippen molar-refractivity contribution < 1.29 is 9.69 Å². The molecular weight excluding hydrogens is 282 g/mol. The summed E-state index contributed by atoms with van der Waals surface area (Å²) in [5.74, 6) is -0.0197. The number of hydrogen-bond donors (Lipinski definition) is 2. The molecule has 1 aromatic carbocycles. The van der Waals surface area contributed by atoms with Crippen LogP contribution in [0.5, 0.6) is 0 Å². The van der Waals surface area contributed by atoms with Gasteiger partial charge in [0.25, 0.3) is 5.91 Å². The smallest absolute Gasteiger partial charge is 0.282 e. The molecule has 1 heterocycles. The van der Waals surface area contributed by atoms with Crippen molar-refractivity contribution in [2.45, 2.75) is 19.5 Å². The third-order valence-corrected chi connectivity index (χ3v) is 4.32. The summed E-state index contributed by atoms with van der Waals surface area (Å²) in [6.07, 6.45) is 0. The van der Waals surface area contributed by atoms with Crippen molar-refractivity contribution >= 4 is 22.9 Å². The van der Waals surface area contributed by atoms with Crippen LogP contribution in [0.25, 0.3) is 0 Å². The summed E-state index contributed by atoms with van der Waals surface area (Å²) in [6.45, 7) is 2.75. The Balaban J connectivity index is 1.93. The maximum Gasteiger partial charge on any atom is 0.282 e. The van der Waals surface area contributed by atoms with Crippen molar-refractivity contribution in [2.24, 2.45) is 0 Å². The summed E-state index contributed by atoms with van der Waals surface area (Å²) in [5, 5.41) is 13.7. The van der Waals surface area contributed by atoms with Gasteiger partial charge in [-0.25, -0.2) is 0 Å². The number of nitriles is 1. The molecule has 0 saturated heterocycles. The number of hydrogen-bond acceptors (Lipinski definition) is 3. The Morgan fingerprint density at radius 2 is 2.10 bits per heavy atom. The van der Waals surface area contributed by atoms with E-state index in [0.29, 0.717) is 5.56 Å². The van der Waals surface area contributed by atoms with Gasteiger partial charge in [-0.05, 0) is 42.6 Å². The zero-order valence-electron chi connectivity index (χ0n) is 12.1. The van der Waals surface area contributed by atoms with Gasteiger partial charge in [-0.2, -0.15) is 5.26 Å². The number of carbonyl (C=O) groups is 1. The maximum atomic E-state index is 12.2. The van der Waals surface area contributed by atoms with E-state index in [9.17, 15) is 4.79 Å². The van der Waals surface area contributed by atoms with Crippen molar-refractivity contribution in [3.05, 3.63) is 52.2 Å². The fraction of sp³-hybridized carbons (Fsp3) is 0.250. The Morgan fingerprint density at radius 3 is 2.67 bits per heavy atom. The molecule has 0 radical (unpaired) electrons. The minimum Gasteiger partial charge on any atom is -0.323 e. The summed E-state index contributed by atoms with van der Waals surface area (Å²) in [4.78, 5) is 14.7. The molecular formula is C16H18N3OS+. The lowest BCUT2D eigenvalue weighted by Crippen LogP contribution is -3.12. The number of thiophene rings is 1. The van der Waals surface area contributed by atoms with Gasteiger partial charge in [0.05, 0.1) is 23.6 Å². The quantitative estimate of drug-likeness (QED) is 0.882. The van der Waals surface area contributed by atoms with Crippen LogP contribution in [0.3, 0.4) is 0 Å². The summed E-state index contributed by atoms with van der Waals surface area (Å²) in [7, 11) is 2.02. The number of nitrogens with one attached hydrogen (secondary N) is 2. The second-order valence-electron chi connectivity index (χ2n) is 5.00. The Kier molecular flexibility index (Phi) is 5.09. The number of anilines is 1. The minimum atomic E-state index is -0.150. The van der Waals surface area contributed by atoms with Crippen molar-refractivity contribution in [1.82, 2.24) is 0 Å². The van der Waals surface area contributed by atoms with E-state index in [4.69, 9.17) is 5.26 Å². The van der Waals surface area contributed by atoms with Crippen LogP contribution >= 0.6 is 11.3 Å². The first-order chi connectivity index (χ1) is 10.1. The second-order valence-corrected chi connectivity index (χ2v) is 6.03. The normalized spacial score (nSPS) is 13.2. The van der Waals surface area contributed by atoms with E-state index in [-0.39, 0.29) is 11.9 Å². The van der Waals surface area contributed by atoms with E-state index in [1.165, 1.54) is 4.88 Å². The highest BCUT2D eigenvalue weighted by Crippen LogP contribution is 2.09. The monoisotopic (exact) mass is 300 g/mol. The lowest BCUT2D eigenvalue weighted by atomic mass is 10.2. The van der Waals surface area contributed by atoms with Gasteiger partial charge in [0.1, 0.15) is 6.54 Å². The highest BCUT2D eigenvalue weighted by Gasteiger charge is 2.22. The highest BCUT2D eigenvalue weighted by molar-refractivity contribution is 7.09. The first-order valence-electron chi connectivity index (χ1n) is 6.76. The molecule has 0 spiro atoms. The van der Waals surface area contributed by atoms with E-state index in [2.05, 4.69) is 17.5 Å². The molecule has 0 bridgehead atoms. The molecule has 108 valence electrons. The first-order valence-corrected chi connectivity index (χ1v) is 7.64. The minimum absolute atomic E-state index is 0.0197. The average molecular weight is 300 g/mol. The predicted molar refractivity (Wildman–Crippen MR) is 84.2 cm³/mol. The first kappa shape index (κ1) is 15.2. The van der Waals surface area contributed by atoms with Crippen LogP contribution in [0, 0.1) is 11.3 Å². The largest absolute Gasteiger partial charge is 0.323 e. The van der Waals surface area contributed by atoms with Crippen molar-refractivity contribution in [2.75, 3.05) is 12.4 Å². The maximum absolute atomic E-state index is 12.2. The molecule has 0 aliphatic rings. The molecule has 1 amide bonds. The van der Waals surface area contributed by atoms with Gasteiger partial charge in [-0.3, -0.25) is 4.79 Å². The van der Waals surface area contributed by atoms with Gasteiger partial charge in [0.2, 0.25) is 0 Å². The van der Waals surface area contributed by atoms with Crippen LogP contribution < -0.4 is 10.2 Å². The van der Waals surface area contributed by atoms with Gasteiger partial charge < -0.3 is 10.2 Å². The van der Waals surface area contributed by atoms with Gasteiger partial charge >= 0.3 is 0 Å². The molecule has 0 aliphatic carbocycles. The Labute approximate surface area is 128 Å². The zero-order chi connectivity index (χ0) is 15.2. The lowest BCUT2D eigenvalue weighted by molar-refractivity contribution is -0.907. The van der Waals surface area contributed by atoms with E-state index in [1.54, 1.807) is 35.6 Å². The Morgan fingerprint density at radius 1 is 1.38 bits per heavy atom. The molecule has 0 aliphatic heterocycles. The van der Waals surface area contributed by atoms with Gasteiger partial charge in [-0.1, -0.05) is 6.07 Å². The molecule has 2 aromatic rings. The number of quaternary nitrogens is 1. The van der Waals surface area contributed by atoms with Crippen molar-refractivity contribution in [3.8, 4) is 6.07 Å². The highest BCUT2D eigenvalue weighted by atomic mass is 32.1. The van der Waals surface area contributed by atoms with Gasteiger partial charge in [0.15, 0.2) is 6.04 Å². The summed E-state index contributed by atoms with van der Waals surface area (Å²) in [6, 6.07) is 12.9. The molecule has 2 atom stereocenters. The predicted octanol–water partition coefficient (Wildman–Crippen LogP) is 1.66. The van der Waals surface area contributed by atoms with Crippen LogP contribution in [0.4, 0.5) is 5.69 Å². The van der Waals surface area contributed by atoms with E-state index in [1.807, 2.05) is 25.4 Å². The molecule has 0 fully saturated rings. The van der Waals surface area contributed by atoms with E-state index >= 15 is 0 Å². The molecule has 0 saturated carbocycles. The Bertz CT molecular complexity index is 629. The number of carbonyl (C=O) groups excluding carboxylic acids is 1. The molecule has 1 unspecified atom stereocenters. The van der Waals surface area contributed by atoms with Crippen molar-refractivity contribution in [3.63, 3.8) is 0 Å². The fourth-order valence-electron chi connectivity index (χ4n) is 1.94. The lowest BCUT2D eigenvalue weighted by Gasteiger charge is -2.20. The van der Waals surface area contributed by atoms with Crippen molar-refractivity contribution in [1.29, 1.82) is 5.26 Å². The average Bonchev–Trinajstić information content (AvgIpc) is 3.00. The van der Waals surface area contributed by atoms with E-state index < -0.39 is 0 Å². The van der Waals surface area contributed by atoms with Crippen LogP contribution in [-0.2, 0) is 11.3 Å². The number of likely N-dealkylation sites (N-methyl/N-ethyl adjacent to an activating group) is 1. The standard InChI is InChI=1S/C16H17N3OS/c1-12(19(2)11-15-4-3-9-21-15)16(20)18-14-7-5-13(10-17)6-8-14/h3-9,12H,11H2,1-2H3,(H,18,20)/p+1/t12-/m1/s1.